The highest BCUT2D eigenvalue weighted by atomic mass is 16.4. The Labute approximate surface area is 91.3 Å². The first-order chi connectivity index (χ1) is 6.93. The van der Waals surface area contributed by atoms with Crippen LogP contribution in [0.25, 0.3) is 0 Å². The molecule has 0 aromatic carbocycles. The first-order valence-corrected chi connectivity index (χ1v) is 5.40. The summed E-state index contributed by atoms with van der Waals surface area (Å²) in [5, 5.41) is 9.16. The van der Waals surface area contributed by atoms with Gasteiger partial charge in [0.1, 0.15) is 0 Å². The van der Waals surface area contributed by atoms with Crippen molar-refractivity contribution in [2.45, 2.75) is 40.0 Å². The standard InChI is InChI=1S/C11H21NO3/c1-5-11(6-2,10(14)15)8-9(13)12(4)7-3/h5-8H2,1-4H3,(H,14,15). The van der Waals surface area contributed by atoms with Crippen LogP contribution in [0.15, 0.2) is 0 Å². The molecule has 4 heteroatoms. The lowest BCUT2D eigenvalue weighted by atomic mass is 9.79. The predicted molar refractivity (Wildman–Crippen MR) is 58.6 cm³/mol. The highest BCUT2D eigenvalue weighted by Crippen LogP contribution is 2.31. The second kappa shape index (κ2) is 5.73. The Balaban J connectivity index is 4.69. The number of hydrogen-bond donors (Lipinski definition) is 1. The number of carbonyl (C=O) groups excluding carboxylic acids is 1. The molecule has 0 fully saturated rings. The highest BCUT2D eigenvalue weighted by molar-refractivity contribution is 5.84. The third kappa shape index (κ3) is 3.22. The maximum atomic E-state index is 11.7. The molecule has 0 aromatic rings. The van der Waals surface area contributed by atoms with Gasteiger partial charge in [-0.1, -0.05) is 13.8 Å². The molecule has 0 heterocycles. The van der Waals surface area contributed by atoms with Gasteiger partial charge in [-0.25, -0.2) is 0 Å². The zero-order valence-electron chi connectivity index (χ0n) is 10.0. The number of carboxylic acid groups (broad SMARTS) is 1. The molecule has 15 heavy (non-hydrogen) atoms. The first-order valence-electron chi connectivity index (χ1n) is 5.40. The fraction of sp³-hybridized carbons (Fsp3) is 0.818. The van der Waals surface area contributed by atoms with E-state index in [9.17, 15) is 9.59 Å². The molecular formula is C11H21NO3. The van der Waals surface area contributed by atoms with E-state index in [1.54, 1.807) is 11.9 Å². The third-order valence-electron chi connectivity index (χ3n) is 3.20. The van der Waals surface area contributed by atoms with E-state index < -0.39 is 11.4 Å². The average Bonchev–Trinajstić information content (AvgIpc) is 2.24. The van der Waals surface area contributed by atoms with Crippen LogP contribution in [0, 0.1) is 5.41 Å². The molecule has 1 amide bonds. The summed E-state index contributed by atoms with van der Waals surface area (Å²) in [6.07, 6.45) is 1.07. The molecule has 0 rings (SSSR count). The minimum Gasteiger partial charge on any atom is -0.481 e. The van der Waals surface area contributed by atoms with Crippen molar-refractivity contribution in [2.75, 3.05) is 13.6 Å². The van der Waals surface area contributed by atoms with Crippen molar-refractivity contribution >= 4 is 11.9 Å². The Morgan fingerprint density at radius 1 is 1.20 bits per heavy atom. The van der Waals surface area contributed by atoms with Gasteiger partial charge in [0.05, 0.1) is 5.41 Å². The van der Waals surface area contributed by atoms with Crippen LogP contribution in [0.2, 0.25) is 0 Å². The van der Waals surface area contributed by atoms with Crippen LogP contribution in [0.4, 0.5) is 0 Å². The number of rotatable bonds is 6. The predicted octanol–water partition coefficient (Wildman–Crippen LogP) is 1.75. The number of carboxylic acids is 1. The Hall–Kier alpha value is -1.06. The molecule has 1 N–H and O–H groups in total. The molecule has 0 aliphatic carbocycles. The van der Waals surface area contributed by atoms with E-state index in [4.69, 9.17) is 5.11 Å². The van der Waals surface area contributed by atoms with Crippen LogP contribution in [-0.2, 0) is 9.59 Å². The minimum atomic E-state index is -0.888. The van der Waals surface area contributed by atoms with Crippen LogP contribution in [0.3, 0.4) is 0 Å². The number of aliphatic carboxylic acids is 1. The van der Waals surface area contributed by atoms with E-state index in [-0.39, 0.29) is 12.3 Å². The summed E-state index contributed by atoms with van der Waals surface area (Å²) >= 11 is 0. The van der Waals surface area contributed by atoms with Gasteiger partial charge in [-0.05, 0) is 19.8 Å². The summed E-state index contributed by atoms with van der Waals surface area (Å²) < 4.78 is 0. The molecule has 0 spiro atoms. The summed E-state index contributed by atoms with van der Waals surface area (Å²) in [7, 11) is 1.69. The molecule has 4 nitrogen and oxygen atoms in total. The zero-order valence-corrected chi connectivity index (χ0v) is 10.0. The second-order valence-electron chi connectivity index (χ2n) is 3.88. The molecule has 0 aliphatic heterocycles. The van der Waals surface area contributed by atoms with Crippen LogP contribution >= 0.6 is 0 Å². The molecule has 0 saturated heterocycles. The van der Waals surface area contributed by atoms with Crippen molar-refractivity contribution < 1.29 is 14.7 Å². The second-order valence-corrected chi connectivity index (χ2v) is 3.88. The van der Waals surface area contributed by atoms with Gasteiger partial charge < -0.3 is 10.0 Å². The molecule has 88 valence electrons. The minimum absolute atomic E-state index is 0.0939. The third-order valence-corrected chi connectivity index (χ3v) is 3.20. The lowest BCUT2D eigenvalue weighted by Gasteiger charge is -2.28. The van der Waals surface area contributed by atoms with Gasteiger partial charge in [0, 0.05) is 20.0 Å². The quantitative estimate of drug-likeness (QED) is 0.734. The largest absolute Gasteiger partial charge is 0.481 e. The van der Waals surface area contributed by atoms with Crippen molar-refractivity contribution in [2.24, 2.45) is 5.41 Å². The van der Waals surface area contributed by atoms with Gasteiger partial charge >= 0.3 is 5.97 Å². The average molecular weight is 215 g/mol. The molecule has 0 unspecified atom stereocenters. The normalized spacial score (nSPS) is 11.2. The van der Waals surface area contributed by atoms with Gasteiger partial charge in [0.15, 0.2) is 0 Å². The van der Waals surface area contributed by atoms with Crippen molar-refractivity contribution in [3.05, 3.63) is 0 Å². The smallest absolute Gasteiger partial charge is 0.310 e. The molecule has 0 aromatic heterocycles. The van der Waals surface area contributed by atoms with Crippen LogP contribution in [-0.4, -0.2) is 35.5 Å². The fourth-order valence-electron chi connectivity index (χ4n) is 1.48. The van der Waals surface area contributed by atoms with E-state index in [0.717, 1.165) is 0 Å². The van der Waals surface area contributed by atoms with Crippen molar-refractivity contribution in [3.63, 3.8) is 0 Å². The maximum Gasteiger partial charge on any atom is 0.310 e. The van der Waals surface area contributed by atoms with Gasteiger partial charge in [0.2, 0.25) is 5.91 Å². The summed E-state index contributed by atoms with van der Waals surface area (Å²) in [6, 6.07) is 0. The van der Waals surface area contributed by atoms with Crippen LogP contribution in [0.5, 0.6) is 0 Å². The van der Waals surface area contributed by atoms with Crippen molar-refractivity contribution in [1.29, 1.82) is 0 Å². The van der Waals surface area contributed by atoms with Crippen molar-refractivity contribution in [1.82, 2.24) is 4.90 Å². The SMILES string of the molecule is CCN(C)C(=O)CC(CC)(CC)C(=O)O. The van der Waals surface area contributed by atoms with Gasteiger partial charge in [-0.3, -0.25) is 9.59 Å². The Morgan fingerprint density at radius 3 is 1.93 bits per heavy atom. The highest BCUT2D eigenvalue weighted by Gasteiger charge is 2.37. The summed E-state index contributed by atoms with van der Waals surface area (Å²) in [6.45, 7) is 6.12. The summed E-state index contributed by atoms with van der Waals surface area (Å²) in [4.78, 5) is 24.4. The molecule has 0 aliphatic rings. The van der Waals surface area contributed by atoms with Crippen molar-refractivity contribution in [3.8, 4) is 0 Å². The topological polar surface area (TPSA) is 57.6 Å². The van der Waals surface area contributed by atoms with E-state index in [0.29, 0.717) is 19.4 Å². The van der Waals surface area contributed by atoms with Crippen LogP contribution in [0.1, 0.15) is 40.0 Å². The molecule has 0 radical (unpaired) electrons. The maximum absolute atomic E-state index is 11.7. The lowest BCUT2D eigenvalue weighted by molar-refractivity contribution is -0.154. The van der Waals surface area contributed by atoms with E-state index in [1.165, 1.54) is 0 Å². The van der Waals surface area contributed by atoms with E-state index >= 15 is 0 Å². The van der Waals surface area contributed by atoms with Gasteiger partial charge in [-0.15, -0.1) is 0 Å². The number of hydrogen-bond acceptors (Lipinski definition) is 2. The molecule has 0 saturated carbocycles. The van der Waals surface area contributed by atoms with Gasteiger partial charge in [-0.2, -0.15) is 0 Å². The van der Waals surface area contributed by atoms with E-state index in [2.05, 4.69) is 0 Å². The first kappa shape index (κ1) is 13.9. The summed E-state index contributed by atoms with van der Waals surface area (Å²) in [5.41, 5.74) is -0.888. The number of nitrogens with zero attached hydrogens (tertiary/aromatic N) is 1. The molecular weight excluding hydrogens is 194 g/mol. The zero-order chi connectivity index (χ0) is 12.1. The Bertz CT molecular complexity index is 234. The van der Waals surface area contributed by atoms with E-state index in [1.807, 2.05) is 20.8 Å². The lowest BCUT2D eigenvalue weighted by Crippen LogP contribution is -2.37. The number of carbonyl (C=O) groups is 2. The monoisotopic (exact) mass is 215 g/mol. The fourth-order valence-corrected chi connectivity index (χ4v) is 1.48. The Kier molecular flexibility index (Phi) is 5.33. The summed E-state index contributed by atoms with van der Waals surface area (Å²) in [5.74, 6) is -0.964. The Morgan fingerprint density at radius 2 is 1.67 bits per heavy atom. The van der Waals surface area contributed by atoms with Crippen LogP contribution < -0.4 is 0 Å². The van der Waals surface area contributed by atoms with Gasteiger partial charge in [0.25, 0.3) is 0 Å². The molecule has 0 bridgehead atoms. The molecule has 0 atom stereocenters. The number of amides is 1.